The van der Waals surface area contributed by atoms with Gasteiger partial charge in [0.1, 0.15) is 0 Å². The standard InChI is InChI=1S/C12H22/c1-3-4-5-6-12-9-7-11(12,2)8-10-12/h3-10H2,1-2H3. The maximum absolute atomic E-state index is 2.52. The largest absolute Gasteiger partial charge is 0.0654 e. The molecule has 70 valence electrons. The Kier molecular flexibility index (Phi) is 1.97. The van der Waals surface area contributed by atoms with Crippen molar-refractivity contribution in [3.8, 4) is 0 Å². The van der Waals surface area contributed by atoms with Crippen LogP contribution in [0.15, 0.2) is 0 Å². The zero-order valence-corrected chi connectivity index (χ0v) is 8.66. The lowest BCUT2D eigenvalue weighted by atomic mass is 9.37. The molecule has 0 nitrogen and oxygen atoms in total. The smallest absolute Gasteiger partial charge is 0.0243 e. The zero-order valence-electron chi connectivity index (χ0n) is 8.66. The number of hydrogen-bond donors (Lipinski definition) is 0. The van der Waals surface area contributed by atoms with E-state index in [1.165, 1.54) is 38.5 Å². The Morgan fingerprint density at radius 3 is 2.00 bits per heavy atom. The second-order valence-corrected chi connectivity index (χ2v) is 5.30. The summed E-state index contributed by atoms with van der Waals surface area (Å²) in [4.78, 5) is 0. The Labute approximate surface area is 76.7 Å². The third-order valence-corrected chi connectivity index (χ3v) is 4.85. The van der Waals surface area contributed by atoms with Gasteiger partial charge in [0.05, 0.1) is 0 Å². The van der Waals surface area contributed by atoms with E-state index in [0.717, 1.165) is 10.8 Å². The molecule has 2 aliphatic carbocycles. The first-order valence-corrected chi connectivity index (χ1v) is 5.72. The van der Waals surface area contributed by atoms with E-state index in [9.17, 15) is 0 Å². The Hall–Kier alpha value is 0. The van der Waals surface area contributed by atoms with Crippen LogP contribution in [0.3, 0.4) is 0 Å². The van der Waals surface area contributed by atoms with Crippen LogP contribution in [0.5, 0.6) is 0 Å². The van der Waals surface area contributed by atoms with E-state index in [2.05, 4.69) is 13.8 Å². The van der Waals surface area contributed by atoms with Crippen LogP contribution in [0.1, 0.15) is 65.2 Å². The molecule has 0 atom stereocenters. The van der Waals surface area contributed by atoms with E-state index in [4.69, 9.17) is 0 Å². The first-order chi connectivity index (χ1) is 5.72. The highest BCUT2D eigenvalue weighted by Crippen LogP contribution is 2.72. The number of rotatable bonds is 4. The first kappa shape index (κ1) is 8.59. The predicted octanol–water partition coefficient (Wildman–Crippen LogP) is 4.15. The van der Waals surface area contributed by atoms with E-state index in [0.29, 0.717) is 0 Å². The van der Waals surface area contributed by atoms with Gasteiger partial charge in [-0.05, 0) is 42.9 Å². The van der Waals surface area contributed by atoms with Crippen molar-refractivity contribution in [2.24, 2.45) is 10.8 Å². The van der Waals surface area contributed by atoms with Crippen molar-refractivity contribution in [2.75, 3.05) is 0 Å². The average Bonchev–Trinajstić information content (AvgIpc) is 2.09. The highest BCUT2D eigenvalue weighted by atomic mass is 14.7. The van der Waals surface area contributed by atoms with Gasteiger partial charge in [-0.2, -0.15) is 0 Å². The molecule has 0 heterocycles. The molecule has 0 N–H and O–H groups in total. The second-order valence-electron chi connectivity index (χ2n) is 5.30. The first-order valence-electron chi connectivity index (χ1n) is 5.72. The highest BCUT2D eigenvalue weighted by Gasteiger charge is 2.61. The number of unbranched alkanes of at least 4 members (excludes halogenated alkanes) is 2. The molecule has 2 fully saturated rings. The van der Waals surface area contributed by atoms with E-state index < -0.39 is 0 Å². The molecule has 0 aromatic heterocycles. The van der Waals surface area contributed by atoms with E-state index >= 15 is 0 Å². The maximum Gasteiger partial charge on any atom is -0.0243 e. The summed E-state index contributed by atoms with van der Waals surface area (Å²) < 4.78 is 0. The third-order valence-electron chi connectivity index (χ3n) is 4.85. The van der Waals surface area contributed by atoms with Gasteiger partial charge in [0.2, 0.25) is 0 Å². The van der Waals surface area contributed by atoms with E-state index in [1.54, 1.807) is 12.8 Å². The number of hydrogen-bond acceptors (Lipinski definition) is 0. The molecule has 2 aliphatic rings. The van der Waals surface area contributed by atoms with Gasteiger partial charge in [0.25, 0.3) is 0 Å². The van der Waals surface area contributed by atoms with Crippen molar-refractivity contribution in [1.82, 2.24) is 0 Å². The van der Waals surface area contributed by atoms with Gasteiger partial charge < -0.3 is 0 Å². The second kappa shape index (κ2) is 2.75. The molecule has 0 bridgehead atoms. The molecular formula is C12H22. The van der Waals surface area contributed by atoms with Gasteiger partial charge >= 0.3 is 0 Å². The summed E-state index contributed by atoms with van der Waals surface area (Å²) in [6, 6.07) is 0. The van der Waals surface area contributed by atoms with Crippen LogP contribution in [-0.2, 0) is 0 Å². The predicted molar refractivity (Wildman–Crippen MR) is 53.2 cm³/mol. The summed E-state index contributed by atoms with van der Waals surface area (Å²) >= 11 is 0. The Morgan fingerprint density at radius 2 is 1.67 bits per heavy atom. The van der Waals surface area contributed by atoms with Crippen LogP contribution < -0.4 is 0 Å². The molecule has 0 radical (unpaired) electrons. The van der Waals surface area contributed by atoms with Crippen molar-refractivity contribution >= 4 is 0 Å². The Morgan fingerprint density at radius 1 is 1.00 bits per heavy atom. The highest BCUT2D eigenvalue weighted by molar-refractivity contribution is 5.11. The molecule has 0 spiro atoms. The summed E-state index contributed by atoms with van der Waals surface area (Å²) in [7, 11) is 0. The third kappa shape index (κ3) is 0.963. The van der Waals surface area contributed by atoms with Crippen molar-refractivity contribution in [1.29, 1.82) is 0 Å². The fraction of sp³-hybridized carbons (Fsp3) is 1.00. The van der Waals surface area contributed by atoms with Crippen LogP contribution >= 0.6 is 0 Å². The van der Waals surface area contributed by atoms with Crippen molar-refractivity contribution in [3.63, 3.8) is 0 Å². The van der Waals surface area contributed by atoms with Crippen molar-refractivity contribution < 1.29 is 0 Å². The van der Waals surface area contributed by atoms with Crippen molar-refractivity contribution in [3.05, 3.63) is 0 Å². The van der Waals surface area contributed by atoms with Crippen LogP contribution in [0, 0.1) is 10.8 Å². The quantitative estimate of drug-likeness (QED) is 0.550. The molecule has 0 saturated heterocycles. The van der Waals surface area contributed by atoms with Crippen LogP contribution in [0.25, 0.3) is 0 Å². The number of fused-ring (bicyclic) bond motifs is 1. The van der Waals surface area contributed by atoms with Gasteiger partial charge in [-0.3, -0.25) is 0 Å². The molecule has 0 unspecified atom stereocenters. The summed E-state index contributed by atoms with van der Waals surface area (Å²) in [6.45, 7) is 4.82. The minimum absolute atomic E-state index is 0.806. The lowest BCUT2D eigenvalue weighted by Gasteiger charge is -2.67. The minimum atomic E-state index is 0.806. The van der Waals surface area contributed by atoms with Crippen LogP contribution in [0.4, 0.5) is 0 Å². The zero-order chi connectivity index (χ0) is 8.66. The molecular weight excluding hydrogens is 144 g/mol. The lowest BCUT2D eigenvalue weighted by Crippen LogP contribution is -2.57. The van der Waals surface area contributed by atoms with Gasteiger partial charge in [-0.1, -0.05) is 33.1 Å². The lowest BCUT2D eigenvalue weighted by molar-refractivity contribution is -0.171. The normalized spacial score (nSPS) is 44.5. The fourth-order valence-corrected chi connectivity index (χ4v) is 3.33. The Bertz CT molecular complexity index is 161. The molecule has 0 aliphatic heterocycles. The van der Waals surface area contributed by atoms with Crippen LogP contribution in [0.2, 0.25) is 0 Å². The molecule has 2 saturated carbocycles. The van der Waals surface area contributed by atoms with Gasteiger partial charge in [-0.15, -0.1) is 0 Å². The van der Waals surface area contributed by atoms with Gasteiger partial charge in [0.15, 0.2) is 0 Å². The topological polar surface area (TPSA) is 0 Å². The molecule has 0 amide bonds. The molecule has 12 heavy (non-hydrogen) atoms. The summed E-state index contributed by atoms with van der Waals surface area (Å²) in [5.41, 5.74) is 1.66. The SMILES string of the molecule is CCCCCC12CCC1(C)CC2. The van der Waals surface area contributed by atoms with Crippen LogP contribution in [-0.4, -0.2) is 0 Å². The average molecular weight is 166 g/mol. The summed E-state index contributed by atoms with van der Waals surface area (Å²) in [5.74, 6) is 0. The van der Waals surface area contributed by atoms with Gasteiger partial charge in [0, 0.05) is 0 Å². The monoisotopic (exact) mass is 166 g/mol. The summed E-state index contributed by atoms with van der Waals surface area (Å²) in [6.07, 6.45) is 12.0. The molecule has 0 heteroatoms. The Balaban J connectivity index is 1.80. The van der Waals surface area contributed by atoms with E-state index in [-0.39, 0.29) is 0 Å². The maximum atomic E-state index is 2.52. The van der Waals surface area contributed by atoms with Gasteiger partial charge in [-0.25, -0.2) is 0 Å². The molecule has 0 aromatic rings. The molecule has 2 rings (SSSR count). The molecule has 0 aromatic carbocycles. The van der Waals surface area contributed by atoms with E-state index in [1.807, 2.05) is 0 Å². The minimum Gasteiger partial charge on any atom is -0.0654 e. The fourth-order valence-electron chi connectivity index (χ4n) is 3.33. The van der Waals surface area contributed by atoms with Crippen molar-refractivity contribution in [2.45, 2.75) is 65.2 Å². The summed E-state index contributed by atoms with van der Waals surface area (Å²) in [5, 5.41) is 0.